The van der Waals surface area contributed by atoms with Crippen molar-refractivity contribution in [3.05, 3.63) is 23.2 Å². The number of halogens is 1. The van der Waals surface area contributed by atoms with E-state index in [-0.39, 0.29) is 5.91 Å². The van der Waals surface area contributed by atoms with Gasteiger partial charge in [-0.2, -0.15) is 0 Å². The number of hydrogen-bond acceptors (Lipinski definition) is 2. The molecular formula is C14H19ClN2O. The predicted molar refractivity (Wildman–Crippen MR) is 76.2 cm³/mol. The Balaban J connectivity index is 1.93. The number of hydrogen-bond donors (Lipinski definition) is 2. The van der Waals surface area contributed by atoms with E-state index in [1.165, 1.54) is 32.6 Å². The minimum Gasteiger partial charge on any atom is -0.385 e. The number of nitrogens with one attached hydrogen (secondary N) is 2. The summed E-state index contributed by atoms with van der Waals surface area (Å²) < 4.78 is 0. The highest BCUT2D eigenvalue weighted by atomic mass is 35.5. The summed E-state index contributed by atoms with van der Waals surface area (Å²) >= 11 is 6.11. The Bertz CT molecular complexity index is 428. The van der Waals surface area contributed by atoms with E-state index in [1.54, 1.807) is 0 Å². The van der Waals surface area contributed by atoms with E-state index in [0.717, 1.165) is 18.2 Å². The molecule has 3 nitrogen and oxygen atoms in total. The molecule has 1 aliphatic rings. The smallest absolute Gasteiger partial charge is 0.221 e. The van der Waals surface area contributed by atoms with Gasteiger partial charge in [-0.1, -0.05) is 24.4 Å². The zero-order valence-electron chi connectivity index (χ0n) is 10.6. The quantitative estimate of drug-likeness (QED) is 0.868. The van der Waals surface area contributed by atoms with E-state index in [0.29, 0.717) is 10.7 Å². The lowest BCUT2D eigenvalue weighted by atomic mass is 10.1. The van der Waals surface area contributed by atoms with Crippen LogP contribution >= 0.6 is 11.6 Å². The molecule has 0 spiro atoms. The van der Waals surface area contributed by atoms with Crippen LogP contribution in [-0.2, 0) is 4.79 Å². The van der Waals surface area contributed by atoms with E-state index >= 15 is 0 Å². The highest BCUT2D eigenvalue weighted by Crippen LogP contribution is 2.28. The van der Waals surface area contributed by atoms with Crippen LogP contribution in [0.5, 0.6) is 0 Å². The summed E-state index contributed by atoms with van der Waals surface area (Å²) in [4.78, 5) is 11.0. The second kappa shape index (κ2) is 6.10. The molecule has 1 fully saturated rings. The maximum atomic E-state index is 11.0. The largest absolute Gasteiger partial charge is 0.385 e. The lowest BCUT2D eigenvalue weighted by molar-refractivity contribution is -0.114. The molecule has 1 aliphatic carbocycles. The molecule has 0 aromatic heterocycles. The molecule has 0 unspecified atom stereocenters. The van der Waals surface area contributed by atoms with Gasteiger partial charge in [-0.05, 0) is 37.0 Å². The first kappa shape index (κ1) is 13.2. The lowest BCUT2D eigenvalue weighted by Crippen LogP contribution is -2.11. The molecule has 0 heterocycles. The van der Waals surface area contributed by atoms with Gasteiger partial charge in [0.05, 0.1) is 10.7 Å². The van der Waals surface area contributed by atoms with Crippen LogP contribution in [0.3, 0.4) is 0 Å². The normalized spacial score (nSPS) is 15.7. The molecule has 0 saturated heterocycles. The zero-order chi connectivity index (χ0) is 13.0. The van der Waals surface area contributed by atoms with Gasteiger partial charge in [0, 0.05) is 19.2 Å². The molecule has 0 aliphatic heterocycles. The van der Waals surface area contributed by atoms with Crippen LogP contribution in [0.4, 0.5) is 11.4 Å². The van der Waals surface area contributed by atoms with Crippen molar-refractivity contribution in [2.75, 3.05) is 17.2 Å². The second-order valence-corrected chi connectivity index (χ2v) is 5.31. The summed E-state index contributed by atoms with van der Waals surface area (Å²) in [5, 5.41) is 6.68. The molecule has 0 bridgehead atoms. The van der Waals surface area contributed by atoms with Crippen molar-refractivity contribution in [3.8, 4) is 0 Å². The van der Waals surface area contributed by atoms with Crippen LogP contribution in [0.1, 0.15) is 32.6 Å². The first-order chi connectivity index (χ1) is 8.65. The first-order valence-corrected chi connectivity index (χ1v) is 6.84. The first-order valence-electron chi connectivity index (χ1n) is 6.46. The molecule has 1 amide bonds. The molecule has 4 heteroatoms. The highest BCUT2D eigenvalue weighted by molar-refractivity contribution is 6.34. The highest BCUT2D eigenvalue weighted by Gasteiger charge is 2.14. The van der Waals surface area contributed by atoms with Gasteiger partial charge in [0.2, 0.25) is 5.91 Å². The number of anilines is 2. The maximum Gasteiger partial charge on any atom is 0.221 e. The fourth-order valence-corrected chi connectivity index (χ4v) is 2.62. The molecule has 0 radical (unpaired) electrons. The number of amides is 1. The minimum absolute atomic E-state index is 0.108. The van der Waals surface area contributed by atoms with Gasteiger partial charge in [0.1, 0.15) is 0 Å². The molecule has 1 aromatic rings. The van der Waals surface area contributed by atoms with E-state index in [4.69, 9.17) is 11.6 Å². The van der Waals surface area contributed by atoms with Crippen molar-refractivity contribution in [2.45, 2.75) is 32.6 Å². The SMILES string of the molecule is CC(=O)Nc1ccc(NCC2CCCC2)cc1Cl. The molecule has 1 aromatic carbocycles. The van der Waals surface area contributed by atoms with Crippen molar-refractivity contribution in [1.29, 1.82) is 0 Å². The third-order valence-electron chi connectivity index (χ3n) is 3.35. The number of carbonyl (C=O) groups excluding carboxylic acids is 1. The average Bonchev–Trinajstić information content (AvgIpc) is 2.82. The topological polar surface area (TPSA) is 41.1 Å². The van der Waals surface area contributed by atoms with Crippen LogP contribution < -0.4 is 10.6 Å². The van der Waals surface area contributed by atoms with Gasteiger partial charge in [-0.25, -0.2) is 0 Å². The lowest BCUT2D eigenvalue weighted by Gasteiger charge is -2.13. The zero-order valence-corrected chi connectivity index (χ0v) is 11.4. The average molecular weight is 267 g/mol. The third-order valence-corrected chi connectivity index (χ3v) is 3.66. The number of rotatable bonds is 4. The predicted octanol–water partition coefficient (Wildman–Crippen LogP) is 3.90. The van der Waals surface area contributed by atoms with E-state index < -0.39 is 0 Å². The second-order valence-electron chi connectivity index (χ2n) is 4.91. The summed E-state index contributed by atoms with van der Waals surface area (Å²) in [6.45, 7) is 2.48. The summed E-state index contributed by atoms with van der Waals surface area (Å²) in [6.07, 6.45) is 5.36. The number of carbonyl (C=O) groups is 1. The Kier molecular flexibility index (Phi) is 4.48. The van der Waals surface area contributed by atoms with E-state index in [2.05, 4.69) is 10.6 Å². The summed E-state index contributed by atoms with van der Waals surface area (Å²) in [6, 6.07) is 5.65. The molecule has 0 atom stereocenters. The molecule has 2 N–H and O–H groups in total. The van der Waals surface area contributed by atoms with Crippen LogP contribution in [-0.4, -0.2) is 12.5 Å². The van der Waals surface area contributed by atoms with Gasteiger partial charge >= 0.3 is 0 Å². The van der Waals surface area contributed by atoms with E-state index in [9.17, 15) is 4.79 Å². The van der Waals surface area contributed by atoms with Crippen molar-refractivity contribution >= 4 is 28.9 Å². The fraction of sp³-hybridized carbons (Fsp3) is 0.500. The third kappa shape index (κ3) is 3.64. The Morgan fingerprint density at radius 1 is 1.39 bits per heavy atom. The van der Waals surface area contributed by atoms with Gasteiger partial charge in [-0.3, -0.25) is 4.79 Å². The Hall–Kier alpha value is -1.22. The molecule has 1 saturated carbocycles. The van der Waals surface area contributed by atoms with Crippen LogP contribution in [0.15, 0.2) is 18.2 Å². The van der Waals surface area contributed by atoms with Crippen molar-refractivity contribution in [3.63, 3.8) is 0 Å². The monoisotopic (exact) mass is 266 g/mol. The van der Waals surface area contributed by atoms with Gasteiger partial charge < -0.3 is 10.6 Å². The van der Waals surface area contributed by atoms with Crippen LogP contribution in [0, 0.1) is 5.92 Å². The van der Waals surface area contributed by atoms with Gasteiger partial charge in [0.15, 0.2) is 0 Å². The standard InChI is InChI=1S/C14H19ClN2O/c1-10(18)17-14-7-6-12(8-13(14)15)16-9-11-4-2-3-5-11/h6-8,11,16H,2-5,9H2,1H3,(H,17,18). The maximum absolute atomic E-state index is 11.0. The van der Waals surface area contributed by atoms with Gasteiger partial charge in [-0.15, -0.1) is 0 Å². The van der Waals surface area contributed by atoms with E-state index in [1.807, 2.05) is 18.2 Å². The summed E-state index contributed by atoms with van der Waals surface area (Å²) in [5.74, 6) is 0.683. The van der Waals surface area contributed by atoms with Crippen molar-refractivity contribution < 1.29 is 4.79 Å². The fourth-order valence-electron chi connectivity index (χ4n) is 2.39. The molecule has 98 valence electrons. The molecule has 2 rings (SSSR count). The van der Waals surface area contributed by atoms with Crippen LogP contribution in [0.25, 0.3) is 0 Å². The summed E-state index contributed by atoms with van der Waals surface area (Å²) in [5.41, 5.74) is 1.68. The Morgan fingerprint density at radius 2 is 2.11 bits per heavy atom. The van der Waals surface area contributed by atoms with Gasteiger partial charge in [0.25, 0.3) is 0 Å². The molecule has 18 heavy (non-hydrogen) atoms. The summed E-state index contributed by atoms with van der Waals surface area (Å²) in [7, 11) is 0. The van der Waals surface area contributed by atoms with Crippen molar-refractivity contribution in [2.24, 2.45) is 5.92 Å². The minimum atomic E-state index is -0.108. The van der Waals surface area contributed by atoms with Crippen LogP contribution in [0.2, 0.25) is 5.02 Å². The van der Waals surface area contributed by atoms with Crippen molar-refractivity contribution in [1.82, 2.24) is 0 Å². The number of benzene rings is 1. The molecular weight excluding hydrogens is 248 g/mol. The Labute approximate surface area is 113 Å². The Morgan fingerprint density at radius 3 is 2.72 bits per heavy atom.